The molecule has 0 saturated heterocycles. The Balaban J connectivity index is 1.72. The fourth-order valence-corrected chi connectivity index (χ4v) is 3.89. The van der Waals surface area contributed by atoms with Crippen LogP contribution >= 0.6 is 0 Å². The van der Waals surface area contributed by atoms with E-state index in [2.05, 4.69) is 4.84 Å². The van der Waals surface area contributed by atoms with E-state index >= 15 is 0 Å². The molecule has 0 unspecified atom stereocenters. The summed E-state index contributed by atoms with van der Waals surface area (Å²) in [4.78, 5) is 25.7. The number of allylic oxidation sites excluding steroid dienone is 2. The predicted octanol–water partition coefficient (Wildman–Crippen LogP) is 3.87. The molecular weight excluding hydrogens is 480 g/mol. The first-order valence-corrected chi connectivity index (χ1v) is 11.9. The number of aliphatic hydroxyl groups excluding tert-OH is 2. The average molecular weight is 514 g/mol. The second-order valence-electron chi connectivity index (χ2n) is 8.56. The molecule has 0 bridgehead atoms. The third-order valence-corrected chi connectivity index (χ3v) is 5.73. The highest BCUT2D eigenvalue weighted by atomic mass is 19.3. The van der Waals surface area contributed by atoms with Gasteiger partial charge < -0.3 is 24.5 Å². The van der Waals surface area contributed by atoms with E-state index in [0.29, 0.717) is 25.0 Å². The van der Waals surface area contributed by atoms with Gasteiger partial charge in [-0.2, -0.15) is 8.78 Å². The molecule has 2 N–H and O–H groups in total. The number of hydrogen-bond acceptors (Lipinski definition) is 8. The van der Waals surface area contributed by atoms with Crippen molar-refractivity contribution in [1.82, 2.24) is 0 Å². The van der Waals surface area contributed by atoms with Crippen LogP contribution in [0.4, 0.5) is 8.78 Å². The summed E-state index contributed by atoms with van der Waals surface area (Å²) in [6.07, 6.45) is 5.89. The zero-order valence-corrected chi connectivity index (χ0v) is 19.9. The Morgan fingerprint density at radius 2 is 1.89 bits per heavy atom. The van der Waals surface area contributed by atoms with Crippen LogP contribution in [0.2, 0.25) is 0 Å². The summed E-state index contributed by atoms with van der Waals surface area (Å²) in [6.45, 7) is -0.935. The number of carbonyl (C=O) groups is 1. The number of hydrogen-bond donors (Lipinski definition) is 2. The standard InChI is InChI=1S/C25H33F2NO8/c26-25(27,18-35-19-9-4-3-5-10-19)14-13-21-20(22(29)17-23(21)30)11-6-1-2-7-12-24(31)34-15-8-16-36-28(32)33/h1,3-6,9-10,13-14,20-23,29-30H,2,7-8,11-12,15-18H2/b6-1-,14-13+/t20-,21-,22+,23-/m1/s1. The molecule has 1 aliphatic rings. The molecule has 1 aromatic rings. The van der Waals surface area contributed by atoms with Gasteiger partial charge in [-0.1, -0.05) is 36.4 Å². The van der Waals surface area contributed by atoms with Crippen LogP contribution in [0.25, 0.3) is 0 Å². The second-order valence-corrected chi connectivity index (χ2v) is 8.56. The van der Waals surface area contributed by atoms with E-state index in [1.54, 1.807) is 30.3 Å². The number of unbranched alkanes of at least 4 members (excludes halogenated alkanes) is 1. The van der Waals surface area contributed by atoms with Crippen LogP contribution < -0.4 is 4.74 Å². The quantitative estimate of drug-likeness (QED) is 0.112. The van der Waals surface area contributed by atoms with Crippen LogP contribution in [0.5, 0.6) is 5.75 Å². The summed E-state index contributed by atoms with van der Waals surface area (Å²) in [5.41, 5.74) is 0. The lowest BCUT2D eigenvalue weighted by Gasteiger charge is -2.20. The van der Waals surface area contributed by atoms with Gasteiger partial charge in [-0.25, -0.2) is 0 Å². The van der Waals surface area contributed by atoms with Crippen LogP contribution in [0.15, 0.2) is 54.6 Å². The Labute approximate surface area is 208 Å². The smallest absolute Gasteiger partial charge is 0.305 e. The molecule has 9 nitrogen and oxygen atoms in total. The van der Waals surface area contributed by atoms with Crippen molar-refractivity contribution in [2.75, 3.05) is 19.8 Å². The number of halogens is 2. The molecule has 1 aromatic carbocycles. The number of benzene rings is 1. The summed E-state index contributed by atoms with van der Waals surface area (Å²) < 4.78 is 38.6. The highest BCUT2D eigenvalue weighted by molar-refractivity contribution is 5.69. The molecule has 0 aromatic heterocycles. The highest BCUT2D eigenvalue weighted by Gasteiger charge is 2.40. The van der Waals surface area contributed by atoms with E-state index in [4.69, 9.17) is 9.47 Å². The summed E-state index contributed by atoms with van der Waals surface area (Å²) >= 11 is 0. The Bertz CT molecular complexity index is 865. The first-order chi connectivity index (χ1) is 17.2. The Morgan fingerprint density at radius 3 is 2.61 bits per heavy atom. The maximum absolute atomic E-state index is 14.3. The van der Waals surface area contributed by atoms with Gasteiger partial charge in [0.15, 0.2) is 6.61 Å². The molecule has 4 atom stereocenters. The van der Waals surface area contributed by atoms with Crippen molar-refractivity contribution in [2.24, 2.45) is 11.8 Å². The molecule has 36 heavy (non-hydrogen) atoms. The lowest BCUT2D eigenvalue weighted by molar-refractivity contribution is -0.757. The van der Waals surface area contributed by atoms with Crippen molar-refractivity contribution in [3.63, 3.8) is 0 Å². The zero-order valence-electron chi connectivity index (χ0n) is 19.9. The molecule has 0 radical (unpaired) electrons. The predicted molar refractivity (Wildman–Crippen MR) is 126 cm³/mol. The van der Waals surface area contributed by atoms with Crippen LogP contribution in [-0.2, 0) is 14.4 Å². The minimum Gasteiger partial charge on any atom is -0.487 e. The van der Waals surface area contributed by atoms with Gasteiger partial charge in [-0.3, -0.25) is 4.79 Å². The molecule has 0 heterocycles. The Kier molecular flexibility index (Phi) is 12.3. The highest BCUT2D eigenvalue weighted by Crippen LogP contribution is 2.37. The van der Waals surface area contributed by atoms with E-state index in [-0.39, 0.29) is 32.5 Å². The van der Waals surface area contributed by atoms with Crippen LogP contribution in [0.3, 0.4) is 0 Å². The van der Waals surface area contributed by atoms with Crippen molar-refractivity contribution in [1.29, 1.82) is 0 Å². The first kappa shape index (κ1) is 29.2. The van der Waals surface area contributed by atoms with Gasteiger partial charge in [0.05, 0.1) is 25.4 Å². The maximum Gasteiger partial charge on any atom is 0.305 e. The number of esters is 1. The third-order valence-electron chi connectivity index (χ3n) is 5.73. The largest absolute Gasteiger partial charge is 0.487 e. The lowest BCUT2D eigenvalue weighted by Crippen LogP contribution is -2.25. The molecule has 2 rings (SSSR count). The van der Waals surface area contributed by atoms with Crippen molar-refractivity contribution in [3.05, 3.63) is 64.8 Å². The lowest BCUT2D eigenvalue weighted by atomic mass is 9.89. The maximum atomic E-state index is 14.3. The molecule has 1 saturated carbocycles. The molecule has 11 heteroatoms. The third kappa shape index (κ3) is 11.1. The second kappa shape index (κ2) is 15.1. The van der Waals surface area contributed by atoms with Crippen molar-refractivity contribution >= 4 is 5.97 Å². The fourth-order valence-electron chi connectivity index (χ4n) is 3.89. The molecule has 0 aliphatic heterocycles. The fraction of sp³-hybridized carbons (Fsp3) is 0.560. The number of para-hydroxylation sites is 1. The van der Waals surface area contributed by atoms with Gasteiger partial charge in [0.1, 0.15) is 5.75 Å². The van der Waals surface area contributed by atoms with Crippen molar-refractivity contribution < 1.29 is 43.2 Å². The van der Waals surface area contributed by atoms with Gasteiger partial charge in [0.25, 0.3) is 11.0 Å². The van der Waals surface area contributed by atoms with E-state index in [1.807, 2.05) is 12.2 Å². The number of rotatable bonds is 16. The summed E-state index contributed by atoms with van der Waals surface area (Å²) in [6, 6.07) is 8.29. The van der Waals surface area contributed by atoms with E-state index in [0.717, 1.165) is 6.08 Å². The van der Waals surface area contributed by atoms with Gasteiger partial charge in [0.2, 0.25) is 0 Å². The summed E-state index contributed by atoms with van der Waals surface area (Å²) in [5, 5.41) is 29.7. The Hall–Kier alpha value is -3.05. The number of nitrogens with zero attached hydrogens (tertiary/aromatic N) is 1. The molecule has 1 aliphatic carbocycles. The Morgan fingerprint density at radius 1 is 1.14 bits per heavy atom. The van der Waals surface area contributed by atoms with Gasteiger partial charge in [-0.05, 0) is 43.4 Å². The average Bonchev–Trinajstić information content (AvgIpc) is 3.11. The molecule has 1 fully saturated rings. The molecule has 0 spiro atoms. The van der Waals surface area contributed by atoms with Crippen LogP contribution in [0, 0.1) is 22.0 Å². The summed E-state index contributed by atoms with van der Waals surface area (Å²) in [7, 11) is 0. The molecular formula is C25H33F2NO8. The number of ether oxygens (including phenoxy) is 2. The zero-order chi connectivity index (χ0) is 26.4. The van der Waals surface area contributed by atoms with Gasteiger partial charge in [0, 0.05) is 25.2 Å². The SMILES string of the molecule is O=C(CCC/C=C\C[C@@H]1[C@@H](/C=C/C(F)(F)COc2ccccc2)[C@H](O)C[C@@H]1O)OCCCO[N+](=O)[O-]. The van der Waals surface area contributed by atoms with E-state index in [9.17, 15) is 33.9 Å². The van der Waals surface area contributed by atoms with Crippen LogP contribution in [0.1, 0.15) is 38.5 Å². The summed E-state index contributed by atoms with van der Waals surface area (Å²) in [5.74, 6) is -4.36. The normalized spacial score (nSPS) is 22.2. The minimum absolute atomic E-state index is 0.0384. The van der Waals surface area contributed by atoms with Crippen LogP contribution in [-0.4, -0.2) is 59.2 Å². The van der Waals surface area contributed by atoms with Crippen molar-refractivity contribution in [2.45, 2.75) is 56.7 Å². The number of alkyl halides is 2. The molecule has 0 amide bonds. The van der Waals surface area contributed by atoms with Gasteiger partial charge in [-0.15, -0.1) is 10.1 Å². The monoisotopic (exact) mass is 513 g/mol. The topological polar surface area (TPSA) is 128 Å². The molecule has 200 valence electrons. The van der Waals surface area contributed by atoms with E-state index < -0.39 is 47.6 Å². The number of carbonyl (C=O) groups excluding carboxylic acids is 1. The number of aliphatic hydroxyl groups is 2. The van der Waals surface area contributed by atoms with E-state index in [1.165, 1.54) is 6.08 Å². The first-order valence-electron chi connectivity index (χ1n) is 11.9. The van der Waals surface area contributed by atoms with Crippen molar-refractivity contribution in [3.8, 4) is 5.75 Å². The minimum atomic E-state index is -3.24. The van der Waals surface area contributed by atoms with Gasteiger partial charge >= 0.3 is 5.97 Å².